The SMILES string of the molecule is Cc1cccnc1NC1CCC(N)C1. The first-order valence-corrected chi connectivity index (χ1v) is 5.19. The molecule has 14 heavy (non-hydrogen) atoms. The first-order valence-electron chi connectivity index (χ1n) is 5.19. The molecule has 0 bridgehead atoms. The highest BCUT2D eigenvalue weighted by molar-refractivity contribution is 5.43. The van der Waals surface area contributed by atoms with Crippen LogP contribution in [0.25, 0.3) is 0 Å². The molecule has 1 aliphatic rings. The number of aromatic nitrogens is 1. The normalized spacial score (nSPS) is 26.4. The fourth-order valence-electron chi connectivity index (χ4n) is 1.98. The lowest BCUT2D eigenvalue weighted by Gasteiger charge is -2.14. The largest absolute Gasteiger partial charge is 0.367 e. The number of aryl methyl sites for hydroxylation is 1. The van der Waals surface area contributed by atoms with Crippen LogP contribution in [0.1, 0.15) is 24.8 Å². The first-order chi connectivity index (χ1) is 6.75. The smallest absolute Gasteiger partial charge is 0.129 e. The Balaban J connectivity index is 2.01. The molecule has 0 aromatic carbocycles. The van der Waals surface area contributed by atoms with Crippen LogP contribution in [-0.4, -0.2) is 17.1 Å². The van der Waals surface area contributed by atoms with E-state index in [1.165, 1.54) is 5.56 Å². The van der Waals surface area contributed by atoms with E-state index in [4.69, 9.17) is 5.73 Å². The van der Waals surface area contributed by atoms with E-state index in [-0.39, 0.29) is 0 Å². The Bertz CT molecular complexity index is 311. The highest BCUT2D eigenvalue weighted by atomic mass is 15.0. The number of rotatable bonds is 2. The maximum atomic E-state index is 5.86. The number of hydrogen-bond donors (Lipinski definition) is 2. The van der Waals surface area contributed by atoms with Gasteiger partial charge in [-0.25, -0.2) is 4.98 Å². The van der Waals surface area contributed by atoms with Crippen LogP contribution in [0.3, 0.4) is 0 Å². The monoisotopic (exact) mass is 191 g/mol. The van der Waals surface area contributed by atoms with Crippen molar-refractivity contribution in [2.45, 2.75) is 38.3 Å². The second kappa shape index (κ2) is 3.96. The number of anilines is 1. The number of nitrogens with one attached hydrogen (secondary N) is 1. The third-order valence-electron chi connectivity index (χ3n) is 2.82. The van der Waals surface area contributed by atoms with Crippen molar-refractivity contribution in [3.8, 4) is 0 Å². The van der Waals surface area contributed by atoms with Crippen molar-refractivity contribution >= 4 is 5.82 Å². The van der Waals surface area contributed by atoms with Gasteiger partial charge in [-0.05, 0) is 37.8 Å². The van der Waals surface area contributed by atoms with Gasteiger partial charge in [0, 0.05) is 18.3 Å². The molecule has 0 radical (unpaired) electrons. The van der Waals surface area contributed by atoms with Crippen molar-refractivity contribution in [3.63, 3.8) is 0 Å². The second-order valence-corrected chi connectivity index (χ2v) is 4.08. The van der Waals surface area contributed by atoms with Gasteiger partial charge in [-0.3, -0.25) is 0 Å². The summed E-state index contributed by atoms with van der Waals surface area (Å²) in [4.78, 5) is 4.31. The minimum atomic E-state index is 0.372. The van der Waals surface area contributed by atoms with Crippen molar-refractivity contribution in [3.05, 3.63) is 23.9 Å². The minimum Gasteiger partial charge on any atom is -0.367 e. The van der Waals surface area contributed by atoms with Crippen molar-refractivity contribution in [2.75, 3.05) is 5.32 Å². The Morgan fingerprint density at radius 1 is 1.50 bits per heavy atom. The molecule has 1 aliphatic carbocycles. The molecule has 0 saturated heterocycles. The summed E-state index contributed by atoms with van der Waals surface area (Å²) >= 11 is 0. The lowest BCUT2D eigenvalue weighted by molar-refractivity contribution is 0.686. The van der Waals surface area contributed by atoms with E-state index < -0.39 is 0 Å². The molecular formula is C11H17N3. The van der Waals surface area contributed by atoms with E-state index in [0.717, 1.165) is 25.1 Å². The van der Waals surface area contributed by atoms with Crippen molar-refractivity contribution < 1.29 is 0 Å². The van der Waals surface area contributed by atoms with E-state index in [1.54, 1.807) is 0 Å². The van der Waals surface area contributed by atoms with Gasteiger partial charge in [0.25, 0.3) is 0 Å². The molecule has 2 unspecified atom stereocenters. The van der Waals surface area contributed by atoms with E-state index in [9.17, 15) is 0 Å². The molecule has 0 aliphatic heterocycles. The van der Waals surface area contributed by atoms with Crippen LogP contribution in [0.15, 0.2) is 18.3 Å². The summed E-state index contributed by atoms with van der Waals surface area (Å²) in [5.74, 6) is 1.01. The quantitative estimate of drug-likeness (QED) is 0.747. The maximum absolute atomic E-state index is 5.86. The molecular weight excluding hydrogens is 174 g/mol. The van der Waals surface area contributed by atoms with Gasteiger partial charge < -0.3 is 11.1 Å². The molecule has 1 fully saturated rings. The average molecular weight is 191 g/mol. The van der Waals surface area contributed by atoms with Crippen molar-refractivity contribution in [1.29, 1.82) is 0 Å². The highest BCUT2D eigenvalue weighted by Crippen LogP contribution is 2.21. The molecule has 3 nitrogen and oxygen atoms in total. The minimum absolute atomic E-state index is 0.372. The summed E-state index contributed by atoms with van der Waals surface area (Å²) in [6, 6.07) is 4.92. The van der Waals surface area contributed by atoms with Crippen LogP contribution < -0.4 is 11.1 Å². The molecule has 1 saturated carbocycles. The summed E-state index contributed by atoms with van der Waals surface area (Å²) in [5.41, 5.74) is 7.06. The van der Waals surface area contributed by atoms with Crippen LogP contribution in [-0.2, 0) is 0 Å². The number of nitrogens with two attached hydrogens (primary N) is 1. The summed E-state index contributed by atoms with van der Waals surface area (Å²) in [6.45, 7) is 2.07. The predicted octanol–water partition coefficient (Wildman–Crippen LogP) is 1.68. The zero-order chi connectivity index (χ0) is 9.97. The van der Waals surface area contributed by atoms with Crippen LogP contribution in [0.5, 0.6) is 0 Å². The summed E-state index contributed by atoms with van der Waals surface area (Å²) < 4.78 is 0. The van der Waals surface area contributed by atoms with Crippen molar-refractivity contribution in [2.24, 2.45) is 5.73 Å². The molecule has 76 valence electrons. The summed E-state index contributed by atoms with van der Waals surface area (Å²) in [6.07, 6.45) is 5.18. The molecule has 1 heterocycles. The van der Waals surface area contributed by atoms with Crippen LogP contribution >= 0.6 is 0 Å². The van der Waals surface area contributed by atoms with Gasteiger partial charge in [-0.15, -0.1) is 0 Å². The fourth-order valence-corrected chi connectivity index (χ4v) is 1.98. The maximum Gasteiger partial charge on any atom is 0.129 e. The molecule has 3 N–H and O–H groups in total. The van der Waals surface area contributed by atoms with E-state index >= 15 is 0 Å². The van der Waals surface area contributed by atoms with Gasteiger partial charge >= 0.3 is 0 Å². The number of pyridine rings is 1. The summed E-state index contributed by atoms with van der Waals surface area (Å²) in [5, 5.41) is 3.45. The Labute approximate surface area is 84.7 Å². The molecule has 1 aromatic heterocycles. The van der Waals surface area contributed by atoms with E-state index in [1.807, 2.05) is 12.3 Å². The van der Waals surface area contributed by atoms with Gasteiger partial charge in [0.1, 0.15) is 5.82 Å². The molecule has 0 spiro atoms. The lowest BCUT2D eigenvalue weighted by atomic mass is 10.2. The summed E-state index contributed by atoms with van der Waals surface area (Å²) in [7, 11) is 0. The van der Waals surface area contributed by atoms with Crippen molar-refractivity contribution in [1.82, 2.24) is 4.98 Å². The van der Waals surface area contributed by atoms with Gasteiger partial charge in [0.2, 0.25) is 0 Å². The van der Waals surface area contributed by atoms with E-state index in [2.05, 4.69) is 23.3 Å². The molecule has 1 aromatic rings. The van der Waals surface area contributed by atoms with Gasteiger partial charge in [-0.2, -0.15) is 0 Å². The number of nitrogens with zero attached hydrogens (tertiary/aromatic N) is 1. The standard InChI is InChI=1S/C11H17N3/c1-8-3-2-6-13-11(8)14-10-5-4-9(12)7-10/h2-3,6,9-10H,4-5,7,12H2,1H3,(H,13,14). The average Bonchev–Trinajstić information content (AvgIpc) is 2.56. The molecule has 2 rings (SSSR count). The predicted molar refractivity (Wildman–Crippen MR) is 58.2 cm³/mol. The van der Waals surface area contributed by atoms with Crippen LogP contribution in [0.2, 0.25) is 0 Å². The second-order valence-electron chi connectivity index (χ2n) is 4.08. The zero-order valence-electron chi connectivity index (χ0n) is 8.53. The third-order valence-corrected chi connectivity index (χ3v) is 2.82. The van der Waals surface area contributed by atoms with E-state index in [0.29, 0.717) is 12.1 Å². The number of hydrogen-bond acceptors (Lipinski definition) is 3. The Kier molecular flexibility index (Phi) is 2.68. The Hall–Kier alpha value is -1.09. The molecule has 2 atom stereocenters. The Morgan fingerprint density at radius 2 is 2.36 bits per heavy atom. The topological polar surface area (TPSA) is 50.9 Å². The third kappa shape index (κ3) is 2.04. The first kappa shape index (κ1) is 9.46. The lowest BCUT2D eigenvalue weighted by Crippen LogP contribution is -2.21. The highest BCUT2D eigenvalue weighted by Gasteiger charge is 2.21. The molecule has 0 amide bonds. The van der Waals surface area contributed by atoms with Crippen LogP contribution in [0, 0.1) is 6.92 Å². The Morgan fingerprint density at radius 3 is 3.00 bits per heavy atom. The fraction of sp³-hybridized carbons (Fsp3) is 0.545. The molecule has 3 heteroatoms. The van der Waals surface area contributed by atoms with Gasteiger partial charge in [0.05, 0.1) is 0 Å². The zero-order valence-corrected chi connectivity index (χ0v) is 8.53. The van der Waals surface area contributed by atoms with Crippen LogP contribution in [0.4, 0.5) is 5.82 Å². The van der Waals surface area contributed by atoms with Gasteiger partial charge in [0.15, 0.2) is 0 Å². The van der Waals surface area contributed by atoms with Gasteiger partial charge in [-0.1, -0.05) is 6.07 Å².